The molecule has 2 fully saturated rings. The zero-order valence-corrected chi connectivity index (χ0v) is 40.2. The van der Waals surface area contributed by atoms with Crippen molar-refractivity contribution in [3.63, 3.8) is 0 Å². The molecule has 4 aliphatic heterocycles. The molecular weight excluding hydrogens is 911 g/mol. The Morgan fingerprint density at radius 3 is 1.69 bits per heavy atom. The maximum atomic E-state index is 14.2. The fourth-order valence-electron chi connectivity index (χ4n) is 9.51. The van der Waals surface area contributed by atoms with Crippen molar-refractivity contribution in [3.05, 3.63) is 94.5 Å². The van der Waals surface area contributed by atoms with Gasteiger partial charge in [-0.2, -0.15) is 0 Å². The lowest BCUT2D eigenvalue weighted by Crippen LogP contribution is -2.51. The highest BCUT2D eigenvalue weighted by Gasteiger charge is 2.48. The van der Waals surface area contributed by atoms with Crippen LogP contribution < -0.4 is 28.7 Å². The fraction of sp³-hybridized carbons (Fsp3) is 0.440. The smallest absolute Gasteiger partial charge is 0.417 e. The Kier molecular flexibility index (Phi) is 13.5. The molecule has 0 bridgehead atoms. The highest BCUT2D eigenvalue weighted by Crippen LogP contribution is 2.44. The molecule has 3 aromatic rings. The number of methoxy groups -OCH3 is 3. The molecule has 2 saturated heterocycles. The molecule has 4 amide bonds. The minimum Gasteiger partial charge on any atom is -0.493 e. The second kappa shape index (κ2) is 19.2. The van der Waals surface area contributed by atoms with E-state index < -0.39 is 72.3 Å². The molecule has 2 aromatic carbocycles. The van der Waals surface area contributed by atoms with Gasteiger partial charge in [-0.15, -0.1) is 0 Å². The molecule has 4 atom stereocenters. The van der Waals surface area contributed by atoms with Gasteiger partial charge >= 0.3 is 12.2 Å². The van der Waals surface area contributed by atoms with Gasteiger partial charge in [-0.25, -0.2) is 19.4 Å². The number of carbonyl (C=O) groups excluding carboxylic acids is 6. The van der Waals surface area contributed by atoms with Crippen LogP contribution in [0.4, 0.5) is 21.0 Å². The van der Waals surface area contributed by atoms with Gasteiger partial charge in [0.2, 0.25) is 11.6 Å². The average Bonchev–Trinajstić information content (AvgIpc) is 3.99. The molecule has 20 heteroatoms. The van der Waals surface area contributed by atoms with Crippen molar-refractivity contribution in [1.82, 2.24) is 14.4 Å². The molecule has 0 saturated carbocycles. The molecule has 3 unspecified atom stereocenters. The number of Topliss-reactive ketones (excluding diaryl/α,β-unsaturated/α-hetero) is 1. The zero-order chi connectivity index (χ0) is 50.5. The van der Waals surface area contributed by atoms with Gasteiger partial charge in [-0.1, -0.05) is 24.3 Å². The fourth-order valence-corrected chi connectivity index (χ4v) is 9.51. The van der Waals surface area contributed by atoms with Gasteiger partial charge in [-0.05, 0) is 65.0 Å². The third-order valence-electron chi connectivity index (χ3n) is 12.7. The third kappa shape index (κ3) is 9.03. The van der Waals surface area contributed by atoms with Gasteiger partial charge in [0.25, 0.3) is 11.8 Å². The van der Waals surface area contributed by atoms with E-state index in [4.69, 9.17) is 33.2 Å². The number of hydrogen-bond donors (Lipinski definition) is 2. The summed E-state index contributed by atoms with van der Waals surface area (Å²) in [5, 5.41) is 23.5. The van der Waals surface area contributed by atoms with Gasteiger partial charge in [0.1, 0.15) is 17.9 Å². The van der Waals surface area contributed by atoms with Crippen LogP contribution in [0.2, 0.25) is 0 Å². The van der Waals surface area contributed by atoms with Crippen LogP contribution >= 0.6 is 0 Å². The molecule has 0 spiro atoms. The van der Waals surface area contributed by atoms with Gasteiger partial charge in [0, 0.05) is 50.1 Å². The van der Waals surface area contributed by atoms with Crippen LogP contribution in [0.15, 0.2) is 66.6 Å². The SMILES string of the molecule is C=C1CC2C(O)N(C(=O)OC(C)(C)C)c3cc(OCCCCCOc4cc5c(cc4OC)C(=O)N4CC(=C)C[C@H]4C(O)N5C(=O)OCc4cn(C)c5c4C(=O)C(OC)=CC5=O)c(OC)cc3C(=O)N2C1. The molecule has 0 radical (unpaired) electrons. The van der Waals surface area contributed by atoms with E-state index in [0.29, 0.717) is 31.3 Å². The first-order valence-corrected chi connectivity index (χ1v) is 22.8. The number of ketones is 2. The summed E-state index contributed by atoms with van der Waals surface area (Å²) in [6.07, 6.45) is -0.144. The van der Waals surface area contributed by atoms with Crippen LogP contribution in [0, 0.1) is 0 Å². The van der Waals surface area contributed by atoms with Crippen LogP contribution in [0.25, 0.3) is 0 Å². The summed E-state index contributed by atoms with van der Waals surface area (Å²) >= 11 is 0. The first-order chi connectivity index (χ1) is 33.3. The number of fused-ring (bicyclic) bond motifs is 5. The largest absolute Gasteiger partial charge is 0.493 e. The second-order valence-corrected chi connectivity index (χ2v) is 18.7. The molecule has 372 valence electrons. The van der Waals surface area contributed by atoms with Crippen molar-refractivity contribution in [2.75, 3.05) is 57.4 Å². The minimum atomic E-state index is -1.59. The summed E-state index contributed by atoms with van der Waals surface area (Å²) in [6, 6.07) is 4.27. The Labute approximate surface area is 404 Å². The van der Waals surface area contributed by atoms with E-state index in [0.717, 1.165) is 21.4 Å². The van der Waals surface area contributed by atoms with E-state index in [-0.39, 0.29) is 101 Å². The second-order valence-electron chi connectivity index (χ2n) is 18.7. The Hall–Kier alpha value is -7.32. The number of unbranched alkanes of at least 4 members (excludes halogenated alkanes) is 2. The van der Waals surface area contributed by atoms with E-state index in [2.05, 4.69) is 13.2 Å². The average molecular weight is 968 g/mol. The molecule has 5 aliphatic rings. The van der Waals surface area contributed by atoms with Crippen molar-refractivity contribution in [1.29, 1.82) is 0 Å². The standard InChI is InChI=1S/C50H57N5O15/c1-26-15-33-46(60)54(48(62)69-25-28-24-51(6)42-35(56)21-40(66-9)43(57)41(28)42)31-19-38(36(64-7)17-29(31)44(58)52(33)22-26)67-13-11-10-12-14-68-39-20-32-30(18-37(39)65-8)45(59)53-23-27(2)16-34(53)47(61)55(32)49(63)70-50(3,4)5/h17-21,24,33-34,46-47,60-61H,1-2,10-16,22-23,25H2,3-9H3/t33-,34?,46?,47?/m0/s1. The number of amides is 4. The molecule has 1 aliphatic carbocycles. The number of aromatic nitrogens is 1. The number of aliphatic hydroxyl groups excluding tert-OH is 2. The topological polar surface area (TPSA) is 225 Å². The number of allylic oxidation sites excluding steroid dienone is 2. The van der Waals surface area contributed by atoms with Crippen molar-refractivity contribution in [3.8, 4) is 23.0 Å². The monoisotopic (exact) mass is 967 g/mol. The lowest BCUT2D eigenvalue weighted by atomic mass is 9.97. The number of nitrogens with zero attached hydrogens (tertiary/aromatic N) is 5. The quantitative estimate of drug-likeness (QED) is 0.156. The summed E-state index contributed by atoms with van der Waals surface area (Å²) in [6.45, 7) is 13.4. The first-order valence-electron chi connectivity index (χ1n) is 22.8. The number of aryl methyl sites for hydroxylation is 1. The highest BCUT2D eigenvalue weighted by molar-refractivity contribution is 6.24. The zero-order valence-electron chi connectivity index (χ0n) is 40.2. The van der Waals surface area contributed by atoms with Gasteiger partial charge in [-0.3, -0.25) is 19.2 Å². The van der Waals surface area contributed by atoms with Crippen molar-refractivity contribution >= 4 is 46.9 Å². The molecule has 1 aromatic heterocycles. The molecule has 70 heavy (non-hydrogen) atoms. The lowest BCUT2D eigenvalue weighted by molar-refractivity contribution is 0.0310. The van der Waals surface area contributed by atoms with E-state index in [9.17, 15) is 39.0 Å². The number of carbonyl (C=O) groups is 6. The Morgan fingerprint density at radius 2 is 1.21 bits per heavy atom. The van der Waals surface area contributed by atoms with Gasteiger partial charge in [0.15, 0.2) is 41.2 Å². The van der Waals surface area contributed by atoms with Crippen molar-refractivity contribution in [2.45, 2.75) is 89.6 Å². The predicted octanol–water partition coefficient (Wildman–Crippen LogP) is 5.67. The Balaban J connectivity index is 0.966. The molecule has 8 rings (SSSR count). The number of hydrogen-bond acceptors (Lipinski definition) is 15. The number of ether oxygens (including phenoxy) is 7. The number of aliphatic hydroxyl groups is 2. The number of anilines is 2. The van der Waals surface area contributed by atoms with E-state index in [1.54, 1.807) is 27.8 Å². The van der Waals surface area contributed by atoms with Gasteiger partial charge < -0.3 is 57.7 Å². The van der Waals surface area contributed by atoms with Crippen LogP contribution in [0.5, 0.6) is 23.0 Å². The normalized spacial score (nSPS) is 20.7. The highest BCUT2D eigenvalue weighted by atomic mass is 16.6. The predicted molar refractivity (Wildman–Crippen MR) is 251 cm³/mol. The molecule has 2 N–H and O–H groups in total. The summed E-state index contributed by atoms with van der Waals surface area (Å²) in [5.74, 6) is -1.19. The lowest BCUT2D eigenvalue weighted by Gasteiger charge is -2.33. The van der Waals surface area contributed by atoms with Crippen molar-refractivity contribution in [2.24, 2.45) is 7.05 Å². The van der Waals surface area contributed by atoms with E-state index >= 15 is 0 Å². The Morgan fingerprint density at radius 1 is 0.714 bits per heavy atom. The van der Waals surface area contributed by atoms with Crippen molar-refractivity contribution < 1.29 is 72.1 Å². The number of benzene rings is 2. The Bertz CT molecular complexity index is 2730. The molecular formula is C50H57N5O15. The molecule has 20 nitrogen and oxygen atoms in total. The van der Waals surface area contributed by atoms with E-state index in [1.807, 2.05) is 0 Å². The maximum absolute atomic E-state index is 14.2. The maximum Gasteiger partial charge on any atom is 0.417 e. The van der Waals surface area contributed by atoms with Crippen LogP contribution in [0.3, 0.4) is 0 Å². The summed E-state index contributed by atoms with van der Waals surface area (Å²) in [7, 11) is 5.70. The van der Waals surface area contributed by atoms with Gasteiger partial charge in [0.05, 0.1) is 74.7 Å². The summed E-state index contributed by atoms with van der Waals surface area (Å²) < 4.78 is 41.7. The molecule has 5 heterocycles. The summed E-state index contributed by atoms with van der Waals surface area (Å²) in [4.78, 5) is 87.0. The third-order valence-corrected chi connectivity index (χ3v) is 12.7. The van der Waals surface area contributed by atoms with Crippen LogP contribution in [0.1, 0.15) is 100 Å². The number of rotatable bonds is 13. The van der Waals surface area contributed by atoms with Crippen LogP contribution in [-0.2, 0) is 27.9 Å². The van der Waals surface area contributed by atoms with E-state index in [1.165, 1.54) is 66.2 Å². The minimum absolute atomic E-state index is 0.00216. The summed E-state index contributed by atoms with van der Waals surface area (Å²) in [5.41, 5.74) is 1.17. The first kappa shape index (κ1) is 49.1. The van der Waals surface area contributed by atoms with Crippen LogP contribution in [-0.4, -0.2) is 138 Å².